The molecule has 0 aromatic heterocycles. The largest absolute Gasteiger partial charge is 0.464 e. The molecule has 0 fully saturated rings. The van der Waals surface area contributed by atoms with Crippen LogP contribution in [-0.2, 0) is 19.7 Å². The lowest BCUT2D eigenvalue weighted by molar-refractivity contribution is -0.156. The second kappa shape index (κ2) is 5.64. The van der Waals surface area contributed by atoms with Gasteiger partial charge in [-0.25, -0.2) is 4.79 Å². The van der Waals surface area contributed by atoms with Crippen LogP contribution in [-0.4, -0.2) is 18.5 Å². The van der Waals surface area contributed by atoms with Crippen molar-refractivity contribution in [2.45, 2.75) is 18.8 Å². The molecule has 1 unspecified atom stereocenters. The first-order valence-corrected chi connectivity index (χ1v) is 7.25. The van der Waals surface area contributed by atoms with Crippen molar-refractivity contribution in [2.24, 2.45) is 0 Å². The van der Waals surface area contributed by atoms with Gasteiger partial charge in [-0.1, -0.05) is 55.5 Å². The van der Waals surface area contributed by atoms with Crippen molar-refractivity contribution in [3.63, 3.8) is 0 Å². The molecule has 0 saturated heterocycles. The highest BCUT2D eigenvalue weighted by atomic mass is 16.6. The normalized spacial score (nSPS) is 19.4. The number of hydrogen-bond donors (Lipinski definition) is 0. The number of esters is 2. The fraction of sp³-hybridized carbons (Fsp3) is 0.222. The monoisotopic (exact) mass is 296 g/mol. The summed E-state index contributed by atoms with van der Waals surface area (Å²) in [5, 5.41) is 0. The third kappa shape index (κ3) is 1.99. The van der Waals surface area contributed by atoms with Crippen molar-refractivity contribution in [3.8, 4) is 5.75 Å². The molecule has 2 aromatic rings. The van der Waals surface area contributed by atoms with Crippen LogP contribution in [0.5, 0.6) is 5.75 Å². The lowest BCUT2D eigenvalue weighted by atomic mass is 9.75. The Bertz CT molecular complexity index is 708. The van der Waals surface area contributed by atoms with E-state index in [2.05, 4.69) is 0 Å². The highest BCUT2D eigenvalue weighted by Gasteiger charge is 2.57. The first kappa shape index (κ1) is 14.3. The molecule has 1 aliphatic rings. The Hall–Kier alpha value is -2.62. The quantitative estimate of drug-likeness (QED) is 0.494. The van der Waals surface area contributed by atoms with Gasteiger partial charge in [0.05, 0.1) is 6.61 Å². The van der Waals surface area contributed by atoms with Gasteiger partial charge in [0.15, 0.2) is 0 Å². The van der Waals surface area contributed by atoms with Gasteiger partial charge in [-0.3, -0.25) is 4.79 Å². The molecule has 0 amide bonds. The molecule has 112 valence electrons. The van der Waals surface area contributed by atoms with Crippen LogP contribution >= 0.6 is 0 Å². The van der Waals surface area contributed by atoms with E-state index in [0.717, 1.165) is 0 Å². The molecule has 0 N–H and O–H groups in total. The summed E-state index contributed by atoms with van der Waals surface area (Å²) in [5.41, 5.74) is -0.439. The Kier molecular flexibility index (Phi) is 3.67. The van der Waals surface area contributed by atoms with Crippen molar-refractivity contribution >= 4 is 11.9 Å². The van der Waals surface area contributed by atoms with Gasteiger partial charge >= 0.3 is 11.9 Å². The van der Waals surface area contributed by atoms with Gasteiger partial charge in [-0.05, 0) is 18.1 Å². The topological polar surface area (TPSA) is 52.6 Å². The second-order valence-corrected chi connectivity index (χ2v) is 5.14. The second-order valence-electron chi connectivity index (χ2n) is 5.14. The summed E-state index contributed by atoms with van der Waals surface area (Å²) < 4.78 is 10.7. The predicted molar refractivity (Wildman–Crippen MR) is 80.5 cm³/mol. The number of para-hydroxylation sites is 1. The summed E-state index contributed by atoms with van der Waals surface area (Å²) in [6, 6.07) is 15.9. The molecule has 4 heteroatoms. The minimum absolute atomic E-state index is 0.267. The molecule has 0 bridgehead atoms. The van der Waals surface area contributed by atoms with Crippen LogP contribution in [0.3, 0.4) is 0 Å². The zero-order valence-electron chi connectivity index (χ0n) is 12.2. The first-order valence-electron chi connectivity index (χ1n) is 7.25. The predicted octanol–water partition coefficient (Wildman–Crippen LogP) is 2.84. The van der Waals surface area contributed by atoms with E-state index in [4.69, 9.17) is 9.47 Å². The average Bonchev–Trinajstić information content (AvgIpc) is 2.86. The molecule has 2 aromatic carbocycles. The highest BCUT2D eigenvalue weighted by Crippen LogP contribution is 2.45. The maximum absolute atomic E-state index is 12.8. The van der Waals surface area contributed by atoms with E-state index in [-0.39, 0.29) is 6.61 Å². The smallest absolute Gasteiger partial charge is 0.338 e. The molecule has 3 rings (SSSR count). The average molecular weight is 296 g/mol. The number of carbonyl (C=O) groups is 2. The highest BCUT2D eigenvalue weighted by molar-refractivity contribution is 6.13. The number of fused-ring (bicyclic) bond motifs is 1. The van der Waals surface area contributed by atoms with E-state index in [0.29, 0.717) is 23.3 Å². The zero-order chi connectivity index (χ0) is 15.6. The fourth-order valence-electron chi connectivity index (χ4n) is 2.73. The van der Waals surface area contributed by atoms with E-state index in [1.54, 1.807) is 48.5 Å². The van der Waals surface area contributed by atoms with Gasteiger partial charge in [-0.2, -0.15) is 0 Å². The maximum Gasteiger partial charge on any atom is 0.338 e. The number of ether oxygens (including phenoxy) is 2. The Labute approximate surface area is 128 Å². The van der Waals surface area contributed by atoms with Crippen LogP contribution in [0, 0.1) is 0 Å². The summed E-state index contributed by atoms with van der Waals surface area (Å²) in [6.07, 6.45) is 0.688. The molecule has 1 aliphatic heterocycles. The van der Waals surface area contributed by atoms with E-state index >= 15 is 0 Å². The SMILES string of the molecule is CCCOC(=O)C1(c2ccccc2)C(=O)Oc2ccccc21. The minimum Gasteiger partial charge on any atom is -0.464 e. The molecule has 0 saturated carbocycles. The van der Waals surface area contributed by atoms with Crippen molar-refractivity contribution < 1.29 is 19.1 Å². The Balaban J connectivity index is 2.21. The van der Waals surface area contributed by atoms with Gasteiger partial charge < -0.3 is 9.47 Å². The van der Waals surface area contributed by atoms with Crippen LogP contribution in [0.15, 0.2) is 54.6 Å². The van der Waals surface area contributed by atoms with Gasteiger partial charge in [-0.15, -0.1) is 0 Å². The van der Waals surface area contributed by atoms with Crippen LogP contribution < -0.4 is 4.74 Å². The van der Waals surface area contributed by atoms with Crippen LogP contribution in [0.4, 0.5) is 0 Å². The number of carbonyl (C=O) groups excluding carboxylic acids is 2. The van der Waals surface area contributed by atoms with E-state index in [1.165, 1.54) is 0 Å². The zero-order valence-corrected chi connectivity index (χ0v) is 12.2. The Morgan fingerprint density at radius 1 is 1.09 bits per heavy atom. The fourth-order valence-corrected chi connectivity index (χ4v) is 2.73. The third-order valence-corrected chi connectivity index (χ3v) is 3.75. The van der Waals surface area contributed by atoms with E-state index in [1.807, 2.05) is 13.0 Å². The molecule has 1 atom stereocenters. The number of hydrogen-bond acceptors (Lipinski definition) is 4. The van der Waals surface area contributed by atoms with Crippen LogP contribution in [0.1, 0.15) is 24.5 Å². The van der Waals surface area contributed by atoms with Crippen molar-refractivity contribution in [1.29, 1.82) is 0 Å². The summed E-state index contributed by atoms with van der Waals surface area (Å²) in [4.78, 5) is 25.4. The van der Waals surface area contributed by atoms with Gasteiger partial charge in [0.1, 0.15) is 5.75 Å². The third-order valence-electron chi connectivity index (χ3n) is 3.75. The molecule has 0 aliphatic carbocycles. The van der Waals surface area contributed by atoms with Crippen molar-refractivity contribution in [2.75, 3.05) is 6.61 Å². The minimum atomic E-state index is -1.53. The first-order chi connectivity index (χ1) is 10.7. The molecule has 22 heavy (non-hydrogen) atoms. The van der Waals surface area contributed by atoms with E-state index in [9.17, 15) is 9.59 Å². The van der Waals surface area contributed by atoms with Crippen molar-refractivity contribution in [3.05, 3.63) is 65.7 Å². The molecule has 0 spiro atoms. The molecular weight excluding hydrogens is 280 g/mol. The van der Waals surface area contributed by atoms with Crippen molar-refractivity contribution in [1.82, 2.24) is 0 Å². The standard InChI is InChI=1S/C18H16O4/c1-2-12-21-16(19)18(13-8-4-3-5-9-13)14-10-6-7-11-15(14)22-17(18)20/h3-11H,2,12H2,1H3. The van der Waals surface area contributed by atoms with Crippen LogP contribution in [0.2, 0.25) is 0 Å². The van der Waals surface area contributed by atoms with Gasteiger partial charge in [0.25, 0.3) is 0 Å². The Morgan fingerprint density at radius 2 is 1.77 bits per heavy atom. The lowest BCUT2D eigenvalue weighted by Crippen LogP contribution is -2.44. The molecule has 4 nitrogen and oxygen atoms in total. The number of benzene rings is 2. The molecule has 1 heterocycles. The van der Waals surface area contributed by atoms with Gasteiger partial charge in [0.2, 0.25) is 5.41 Å². The Morgan fingerprint density at radius 3 is 2.50 bits per heavy atom. The summed E-state index contributed by atoms with van der Waals surface area (Å²) in [5.74, 6) is -0.790. The number of rotatable bonds is 4. The van der Waals surface area contributed by atoms with E-state index < -0.39 is 17.4 Å². The molecule has 0 radical (unpaired) electrons. The molecular formula is C18H16O4. The maximum atomic E-state index is 12.8. The van der Waals surface area contributed by atoms with Crippen LogP contribution in [0.25, 0.3) is 0 Å². The summed E-state index contributed by atoms with van der Waals surface area (Å²) in [6.45, 7) is 2.17. The lowest BCUT2D eigenvalue weighted by Gasteiger charge is -2.24. The summed E-state index contributed by atoms with van der Waals surface area (Å²) in [7, 11) is 0. The summed E-state index contributed by atoms with van der Waals surface area (Å²) >= 11 is 0. The van der Waals surface area contributed by atoms with Gasteiger partial charge in [0, 0.05) is 5.56 Å².